The van der Waals surface area contributed by atoms with Crippen molar-refractivity contribution in [2.24, 2.45) is 0 Å². The first kappa shape index (κ1) is 21.3. The van der Waals surface area contributed by atoms with Gasteiger partial charge in [0, 0.05) is 41.1 Å². The number of thioether (sulfide) groups is 1. The van der Waals surface area contributed by atoms with Crippen LogP contribution in [0.2, 0.25) is 0 Å². The number of hydrogen-bond acceptors (Lipinski definition) is 7. The highest BCUT2D eigenvalue weighted by molar-refractivity contribution is 7.98. The van der Waals surface area contributed by atoms with Crippen molar-refractivity contribution in [3.05, 3.63) is 76.4 Å². The van der Waals surface area contributed by atoms with Gasteiger partial charge in [0.1, 0.15) is 5.75 Å². The maximum absolute atomic E-state index is 11.7. The second kappa shape index (κ2) is 9.36. The number of benzene rings is 2. The van der Waals surface area contributed by atoms with Gasteiger partial charge in [-0.2, -0.15) is 0 Å². The number of ketones is 1. The van der Waals surface area contributed by atoms with Crippen molar-refractivity contribution in [2.45, 2.75) is 24.4 Å². The predicted octanol–water partition coefficient (Wildman–Crippen LogP) is 4.54. The Kier molecular flexibility index (Phi) is 6.63. The number of nitro benzene ring substituents is 1. The zero-order valence-electron chi connectivity index (χ0n) is 16.6. The van der Waals surface area contributed by atoms with Crippen LogP contribution in [-0.2, 0) is 12.3 Å². The van der Waals surface area contributed by atoms with E-state index in [4.69, 9.17) is 4.74 Å². The molecule has 3 aromatic rings. The van der Waals surface area contributed by atoms with Crippen LogP contribution in [0.15, 0.2) is 60.3 Å². The minimum Gasteiger partial charge on any atom is -0.496 e. The molecule has 0 saturated carbocycles. The van der Waals surface area contributed by atoms with Crippen LogP contribution in [0.3, 0.4) is 0 Å². The molecule has 0 aliphatic rings. The lowest BCUT2D eigenvalue weighted by molar-refractivity contribution is -0.384. The van der Waals surface area contributed by atoms with Gasteiger partial charge in [0.25, 0.3) is 5.69 Å². The Hall–Kier alpha value is -3.46. The molecule has 1 heterocycles. The van der Waals surface area contributed by atoms with Gasteiger partial charge in [-0.05, 0) is 37.3 Å². The topological polar surface area (TPSA) is 100 Å². The van der Waals surface area contributed by atoms with Crippen LogP contribution < -0.4 is 4.74 Å². The molecule has 3 rings (SSSR count). The molecule has 0 amide bonds. The Morgan fingerprint density at radius 3 is 2.60 bits per heavy atom. The average Bonchev–Trinajstić information content (AvgIpc) is 3.14. The maximum atomic E-state index is 11.7. The number of allylic oxidation sites excluding steroid dienone is 1. The van der Waals surface area contributed by atoms with E-state index in [-0.39, 0.29) is 11.5 Å². The summed E-state index contributed by atoms with van der Waals surface area (Å²) in [6.07, 6.45) is 1.74. The number of Topliss-reactive ketones (excluding diaryl/α,β-unsaturated/α-hetero) is 1. The summed E-state index contributed by atoms with van der Waals surface area (Å²) in [6.45, 7) is 5.80. The van der Waals surface area contributed by atoms with Crippen LogP contribution >= 0.6 is 11.8 Å². The molecule has 1 aromatic heterocycles. The lowest BCUT2D eigenvalue weighted by Gasteiger charge is -2.11. The normalized spacial score (nSPS) is 10.6. The van der Waals surface area contributed by atoms with E-state index in [0.717, 1.165) is 11.1 Å². The molecular weight excluding hydrogens is 404 g/mol. The van der Waals surface area contributed by atoms with Crippen molar-refractivity contribution in [3.8, 4) is 17.1 Å². The van der Waals surface area contributed by atoms with Crippen molar-refractivity contribution in [3.63, 3.8) is 0 Å². The van der Waals surface area contributed by atoms with E-state index < -0.39 is 4.92 Å². The van der Waals surface area contributed by atoms with Gasteiger partial charge in [-0.25, -0.2) is 0 Å². The van der Waals surface area contributed by atoms with E-state index in [1.165, 1.54) is 30.8 Å². The Bertz CT molecular complexity index is 1090. The fourth-order valence-electron chi connectivity index (χ4n) is 2.89. The fourth-order valence-corrected chi connectivity index (χ4v) is 3.81. The molecule has 0 atom stereocenters. The second-order valence-corrected chi connectivity index (χ2v) is 7.32. The predicted molar refractivity (Wildman–Crippen MR) is 115 cm³/mol. The number of methoxy groups -OCH3 is 1. The highest BCUT2D eigenvalue weighted by atomic mass is 32.2. The van der Waals surface area contributed by atoms with Crippen molar-refractivity contribution in [1.82, 2.24) is 14.8 Å². The Morgan fingerprint density at radius 1 is 1.27 bits per heavy atom. The summed E-state index contributed by atoms with van der Waals surface area (Å²) in [5.74, 6) is 1.80. The third kappa shape index (κ3) is 4.57. The van der Waals surface area contributed by atoms with Crippen molar-refractivity contribution >= 4 is 23.2 Å². The van der Waals surface area contributed by atoms with Gasteiger partial charge in [0.05, 0.1) is 12.0 Å². The molecule has 0 N–H and O–H groups in total. The molecule has 0 saturated heterocycles. The standard InChI is InChI=1S/C21H20N4O4S/c1-4-11-24-20(15-5-8-18(9-6-15)25(27)28)22-23-21(24)30-13-17-12-16(14(2)26)7-10-19(17)29-3/h4-10,12H,1,11,13H2,2-3H3. The minimum absolute atomic E-state index is 0.0144. The lowest BCUT2D eigenvalue weighted by Crippen LogP contribution is -2.01. The number of aromatic nitrogens is 3. The summed E-state index contributed by atoms with van der Waals surface area (Å²) in [6, 6.07) is 11.5. The highest BCUT2D eigenvalue weighted by Crippen LogP contribution is 2.31. The molecule has 2 aromatic carbocycles. The first-order valence-electron chi connectivity index (χ1n) is 9.04. The van der Waals surface area contributed by atoms with E-state index in [1.807, 2.05) is 10.6 Å². The summed E-state index contributed by atoms with van der Waals surface area (Å²) in [5, 5.41) is 20.1. The SMILES string of the molecule is C=CCn1c(SCc2cc(C(C)=O)ccc2OC)nnc1-c1ccc([N+](=O)[O-])cc1. The van der Waals surface area contributed by atoms with E-state index in [1.54, 1.807) is 37.5 Å². The smallest absolute Gasteiger partial charge is 0.269 e. The van der Waals surface area contributed by atoms with E-state index >= 15 is 0 Å². The van der Waals surface area contributed by atoms with Crippen molar-refractivity contribution in [1.29, 1.82) is 0 Å². The molecule has 0 aliphatic carbocycles. The highest BCUT2D eigenvalue weighted by Gasteiger charge is 2.16. The van der Waals surface area contributed by atoms with E-state index in [0.29, 0.717) is 34.6 Å². The lowest BCUT2D eigenvalue weighted by atomic mass is 10.1. The molecule has 154 valence electrons. The minimum atomic E-state index is -0.442. The zero-order valence-corrected chi connectivity index (χ0v) is 17.4. The summed E-state index contributed by atoms with van der Waals surface area (Å²) in [7, 11) is 1.59. The van der Waals surface area contributed by atoms with Gasteiger partial charge in [-0.3, -0.25) is 19.5 Å². The maximum Gasteiger partial charge on any atom is 0.269 e. The third-order valence-corrected chi connectivity index (χ3v) is 5.42. The van der Waals surface area contributed by atoms with Crippen LogP contribution in [0.5, 0.6) is 5.75 Å². The third-order valence-electron chi connectivity index (χ3n) is 4.41. The van der Waals surface area contributed by atoms with E-state index in [2.05, 4.69) is 16.8 Å². The van der Waals surface area contributed by atoms with Gasteiger partial charge < -0.3 is 4.74 Å². The summed E-state index contributed by atoms with van der Waals surface area (Å²) >= 11 is 1.46. The molecule has 0 spiro atoms. The number of hydrogen-bond donors (Lipinski definition) is 0. The molecule has 0 fully saturated rings. The fraction of sp³-hybridized carbons (Fsp3) is 0.190. The van der Waals surface area contributed by atoms with Crippen LogP contribution in [0.25, 0.3) is 11.4 Å². The molecule has 0 radical (unpaired) electrons. The molecule has 0 bridgehead atoms. The van der Waals surface area contributed by atoms with Crippen LogP contribution in [0, 0.1) is 10.1 Å². The summed E-state index contributed by atoms with van der Waals surface area (Å²) < 4.78 is 7.30. The molecule has 0 aliphatic heterocycles. The van der Waals surface area contributed by atoms with Crippen LogP contribution in [0.1, 0.15) is 22.8 Å². The zero-order chi connectivity index (χ0) is 21.7. The van der Waals surface area contributed by atoms with E-state index in [9.17, 15) is 14.9 Å². The van der Waals surface area contributed by atoms with Crippen molar-refractivity contribution in [2.75, 3.05) is 7.11 Å². The largest absolute Gasteiger partial charge is 0.496 e. The van der Waals surface area contributed by atoms with Gasteiger partial charge in [0.2, 0.25) is 0 Å². The van der Waals surface area contributed by atoms with Gasteiger partial charge in [-0.1, -0.05) is 17.8 Å². The van der Waals surface area contributed by atoms with Crippen molar-refractivity contribution < 1.29 is 14.5 Å². The first-order valence-corrected chi connectivity index (χ1v) is 10.0. The van der Waals surface area contributed by atoms with Gasteiger partial charge >= 0.3 is 0 Å². The molecule has 8 nitrogen and oxygen atoms in total. The number of ether oxygens (including phenoxy) is 1. The average molecular weight is 424 g/mol. The number of carbonyl (C=O) groups is 1. The summed E-state index contributed by atoms with van der Waals surface area (Å²) in [5.41, 5.74) is 2.23. The number of carbonyl (C=O) groups excluding carboxylic acids is 1. The number of non-ortho nitro benzene ring substituents is 1. The first-order chi connectivity index (χ1) is 14.4. The second-order valence-electron chi connectivity index (χ2n) is 6.38. The Labute approximate surface area is 177 Å². The Morgan fingerprint density at radius 2 is 2.00 bits per heavy atom. The molecule has 30 heavy (non-hydrogen) atoms. The quantitative estimate of drug-likeness (QED) is 0.163. The molecular formula is C21H20N4O4S. The number of nitrogens with zero attached hydrogens (tertiary/aromatic N) is 4. The molecule has 9 heteroatoms. The number of rotatable bonds is 9. The summed E-state index contributed by atoms with van der Waals surface area (Å²) in [4.78, 5) is 22.2. The monoisotopic (exact) mass is 424 g/mol. The van der Waals surface area contributed by atoms with Gasteiger partial charge in [-0.15, -0.1) is 16.8 Å². The van der Waals surface area contributed by atoms with Gasteiger partial charge in [0.15, 0.2) is 16.8 Å². The molecule has 0 unspecified atom stereocenters. The number of nitro groups is 1. The van der Waals surface area contributed by atoms with Crippen LogP contribution in [0.4, 0.5) is 5.69 Å². The Balaban J connectivity index is 1.89. The van der Waals surface area contributed by atoms with Crippen LogP contribution in [-0.4, -0.2) is 32.6 Å².